The Labute approximate surface area is 112 Å². The lowest BCUT2D eigenvalue weighted by atomic mass is 10.0. The van der Waals surface area contributed by atoms with Crippen molar-refractivity contribution in [2.24, 2.45) is 0 Å². The zero-order chi connectivity index (χ0) is 12.9. The number of nitrogen functional groups attached to an aromatic ring is 1. The minimum atomic E-state index is -0.353. The average Bonchev–Trinajstić information content (AvgIpc) is 2.36. The van der Waals surface area contributed by atoms with E-state index < -0.39 is 0 Å². The summed E-state index contributed by atoms with van der Waals surface area (Å²) in [6.07, 6.45) is 0.729. The van der Waals surface area contributed by atoms with Gasteiger partial charge in [0.05, 0.1) is 40.0 Å². The van der Waals surface area contributed by atoms with E-state index in [0.717, 1.165) is 23.2 Å². The van der Waals surface area contributed by atoms with Crippen LogP contribution in [-0.4, -0.2) is 11.6 Å². The molecule has 2 heterocycles. The SMILES string of the molecule is Cc1cc(Br)c(F)c2c(N)c3c(nc12)CCOC3. The molecule has 0 bridgehead atoms. The standard InChI is InChI=1S/C13H12BrFN2O/c1-6-4-8(14)11(15)10-12(16)7-5-18-3-2-9(7)17-13(6)10/h4H,2-3,5H2,1H3,(H2,16,17). The van der Waals surface area contributed by atoms with Gasteiger partial charge in [0.1, 0.15) is 5.82 Å². The largest absolute Gasteiger partial charge is 0.398 e. The highest BCUT2D eigenvalue weighted by atomic mass is 79.9. The van der Waals surface area contributed by atoms with E-state index >= 15 is 0 Å². The molecule has 0 amide bonds. The third-order valence-corrected chi connectivity index (χ3v) is 3.88. The molecular formula is C13H12BrFN2O. The fourth-order valence-electron chi connectivity index (χ4n) is 2.35. The number of aromatic nitrogens is 1. The minimum absolute atomic E-state index is 0.353. The molecular weight excluding hydrogens is 299 g/mol. The molecule has 18 heavy (non-hydrogen) atoms. The van der Waals surface area contributed by atoms with Gasteiger partial charge in [-0.25, -0.2) is 4.39 Å². The first kappa shape index (κ1) is 11.9. The maximum Gasteiger partial charge on any atom is 0.148 e. The number of hydrogen-bond acceptors (Lipinski definition) is 3. The van der Waals surface area contributed by atoms with Gasteiger partial charge >= 0.3 is 0 Å². The predicted octanol–water partition coefficient (Wildman–Crippen LogP) is 3.10. The first-order valence-corrected chi connectivity index (χ1v) is 6.52. The zero-order valence-corrected chi connectivity index (χ0v) is 11.5. The van der Waals surface area contributed by atoms with Crippen molar-refractivity contribution in [3.63, 3.8) is 0 Å². The van der Waals surface area contributed by atoms with E-state index in [4.69, 9.17) is 10.5 Å². The maximum absolute atomic E-state index is 14.2. The van der Waals surface area contributed by atoms with Crippen molar-refractivity contribution in [1.29, 1.82) is 0 Å². The Morgan fingerprint density at radius 3 is 3.06 bits per heavy atom. The molecule has 0 aliphatic carbocycles. The number of aryl methyl sites for hydroxylation is 1. The first-order chi connectivity index (χ1) is 8.59. The monoisotopic (exact) mass is 310 g/mol. The molecule has 1 aromatic heterocycles. The molecule has 5 heteroatoms. The number of nitrogens with zero attached hydrogens (tertiary/aromatic N) is 1. The number of benzene rings is 1. The minimum Gasteiger partial charge on any atom is -0.398 e. The molecule has 0 atom stereocenters. The Balaban J connectivity index is 2.46. The van der Waals surface area contributed by atoms with Crippen LogP contribution in [0, 0.1) is 12.7 Å². The first-order valence-electron chi connectivity index (χ1n) is 5.73. The number of nitrogens with two attached hydrogens (primary N) is 1. The smallest absolute Gasteiger partial charge is 0.148 e. The molecule has 0 saturated carbocycles. The summed E-state index contributed by atoms with van der Waals surface area (Å²) in [4.78, 5) is 4.56. The van der Waals surface area contributed by atoms with Crippen molar-refractivity contribution < 1.29 is 9.13 Å². The molecule has 0 radical (unpaired) electrons. The number of rotatable bonds is 0. The molecule has 2 N–H and O–H groups in total. The third kappa shape index (κ3) is 1.61. The van der Waals surface area contributed by atoms with Crippen LogP contribution in [0.5, 0.6) is 0 Å². The summed E-state index contributed by atoms with van der Waals surface area (Å²) in [5.74, 6) is -0.353. The highest BCUT2D eigenvalue weighted by Gasteiger charge is 2.21. The quantitative estimate of drug-likeness (QED) is 0.813. The van der Waals surface area contributed by atoms with E-state index in [1.807, 2.05) is 6.92 Å². The molecule has 1 aliphatic rings. The van der Waals surface area contributed by atoms with Crippen molar-refractivity contribution in [3.8, 4) is 0 Å². The molecule has 0 unspecified atom stereocenters. The van der Waals surface area contributed by atoms with Gasteiger partial charge < -0.3 is 10.5 Å². The van der Waals surface area contributed by atoms with E-state index in [-0.39, 0.29) is 5.82 Å². The summed E-state index contributed by atoms with van der Waals surface area (Å²) < 4.78 is 20.0. The highest BCUT2D eigenvalue weighted by molar-refractivity contribution is 9.10. The summed E-state index contributed by atoms with van der Waals surface area (Å²) in [7, 11) is 0. The lowest BCUT2D eigenvalue weighted by molar-refractivity contribution is 0.110. The number of halogens is 2. The van der Waals surface area contributed by atoms with Gasteiger partial charge in [0.2, 0.25) is 0 Å². The fraction of sp³-hybridized carbons (Fsp3) is 0.308. The van der Waals surface area contributed by atoms with Crippen LogP contribution in [0.4, 0.5) is 10.1 Å². The van der Waals surface area contributed by atoms with Gasteiger partial charge in [0.25, 0.3) is 0 Å². The van der Waals surface area contributed by atoms with Gasteiger partial charge in [0.15, 0.2) is 0 Å². The Morgan fingerprint density at radius 2 is 2.28 bits per heavy atom. The Hall–Kier alpha value is -1.20. The molecule has 0 fully saturated rings. The van der Waals surface area contributed by atoms with Crippen LogP contribution >= 0.6 is 15.9 Å². The third-order valence-electron chi connectivity index (χ3n) is 3.30. The van der Waals surface area contributed by atoms with Crippen molar-refractivity contribution in [2.75, 3.05) is 12.3 Å². The van der Waals surface area contributed by atoms with E-state index in [0.29, 0.717) is 34.3 Å². The number of pyridine rings is 1. The normalized spacial score (nSPS) is 14.8. The van der Waals surface area contributed by atoms with Gasteiger partial charge in [-0.2, -0.15) is 0 Å². The van der Waals surface area contributed by atoms with Crippen molar-refractivity contribution in [3.05, 3.63) is 33.2 Å². The summed E-state index contributed by atoms with van der Waals surface area (Å²) >= 11 is 3.21. The summed E-state index contributed by atoms with van der Waals surface area (Å²) in [6, 6.07) is 1.73. The van der Waals surface area contributed by atoms with E-state index in [1.165, 1.54) is 0 Å². The fourth-order valence-corrected chi connectivity index (χ4v) is 2.89. The van der Waals surface area contributed by atoms with E-state index in [1.54, 1.807) is 6.07 Å². The molecule has 0 saturated heterocycles. The summed E-state index contributed by atoms with van der Waals surface area (Å²) in [5.41, 5.74) is 9.87. The Kier molecular flexibility index (Phi) is 2.75. The number of fused-ring (bicyclic) bond motifs is 2. The second-order valence-electron chi connectivity index (χ2n) is 4.47. The topological polar surface area (TPSA) is 48.1 Å². The number of hydrogen-bond donors (Lipinski definition) is 1. The Morgan fingerprint density at radius 1 is 1.50 bits per heavy atom. The summed E-state index contributed by atoms with van der Waals surface area (Å²) in [5, 5.41) is 0.395. The zero-order valence-electron chi connectivity index (χ0n) is 9.89. The van der Waals surface area contributed by atoms with Gasteiger partial charge in [-0.1, -0.05) is 0 Å². The van der Waals surface area contributed by atoms with Crippen molar-refractivity contribution in [1.82, 2.24) is 4.98 Å². The lowest BCUT2D eigenvalue weighted by Crippen LogP contribution is -2.15. The van der Waals surface area contributed by atoms with Gasteiger partial charge in [-0.3, -0.25) is 4.98 Å². The lowest BCUT2D eigenvalue weighted by Gasteiger charge is -2.20. The molecule has 1 aromatic carbocycles. The molecule has 3 nitrogen and oxygen atoms in total. The van der Waals surface area contributed by atoms with E-state index in [9.17, 15) is 4.39 Å². The summed E-state index contributed by atoms with van der Waals surface area (Å²) in [6.45, 7) is 2.96. The van der Waals surface area contributed by atoms with Gasteiger partial charge in [-0.05, 0) is 34.5 Å². The molecule has 1 aliphatic heterocycles. The maximum atomic E-state index is 14.2. The van der Waals surface area contributed by atoms with Crippen LogP contribution in [0.15, 0.2) is 10.5 Å². The van der Waals surface area contributed by atoms with Gasteiger partial charge in [0, 0.05) is 12.0 Å². The van der Waals surface area contributed by atoms with Crippen LogP contribution in [-0.2, 0) is 17.8 Å². The van der Waals surface area contributed by atoms with Crippen molar-refractivity contribution >= 4 is 32.5 Å². The van der Waals surface area contributed by atoms with Crippen LogP contribution in [0.1, 0.15) is 16.8 Å². The molecule has 2 aromatic rings. The van der Waals surface area contributed by atoms with Gasteiger partial charge in [-0.15, -0.1) is 0 Å². The van der Waals surface area contributed by atoms with Crippen LogP contribution in [0.2, 0.25) is 0 Å². The van der Waals surface area contributed by atoms with Crippen LogP contribution < -0.4 is 5.73 Å². The second kappa shape index (κ2) is 4.17. The van der Waals surface area contributed by atoms with E-state index in [2.05, 4.69) is 20.9 Å². The Bertz CT molecular complexity index is 657. The number of ether oxygens (including phenoxy) is 1. The van der Waals surface area contributed by atoms with Crippen molar-refractivity contribution in [2.45, 2.75) is 20.0 Å². The van der Waals surface area contributed by atoms with Crippen LogP contribution in [0.3, 0.4) is 0 Å². The molecule has 3 rings (SSSR count). The molecule has 94 valence electrons. The predicted molar refractivity (Wildman–Crippen MR) is 71.9 cm³/mol. The average molecular weight is 311 g/mol. The highest BCUT2D eigenvalue weighted by Crippen LogP contribution is 2.35. The second-order valence-corrected chi connectivity index (χ2v) is 5.32. The van der Waals surface area contributed by atoms with Crippen LogP contribution in [0.25, 0.3) is 10.9 Å². The number of anilines is 1. The molecule has 0 spiro atoms.